The topological polar surface area (TPSA) is 67.9 Å². The Hall–Kier alpha value is -3.80. The Bertz CT molecular complexity index is 1030. The second kappa shape index (κ2) is 11.2. The van der Waals surface area contributed by atoms with Gasteiger partial charge in [-0.05, 0) is 54.8 Å². The van der Waals surface area contributed by atoms with Crippen molar-refractivity contribution in [2.24, 2.45) is 5.92 Å². The molecule has 6 heteroatoms. The smallest absolute Gasteiger partial charge is 0.260 e. The zero-order chi connectivity index (χ0) is 22.9. The van der Waals surface area contributed by atoms with Crippen molar-refractivity contribution >= 4 is 11.8 Å². The van der Waals surface area contributed by atoms with E-state index in [1.807, 2.05) is 84.9 Å². The number of likely N-dealkylation sites (tertiary alicyclic amines) is 1. The number of benzene rings is 3. The van der Waals surface area contributed by atoms with Gasteiger partial charge in [-0.3, -0.25) is 9.59 Å². The first kappa shape index (κ1) is 22.4. The van der Waals surface area contributed by atoms with Crippen LogP contribution in [-0.2, 0) is 16.1 Å². The van der Waals surface area contributed by atoms with E-state index in [9.17, 15) is 9.59 Å². The zero-order valence-corrected chi connectivity index (χ0v) is 18.5. The van der Waals surface area contributed by atoms with Crippen molar-refractivity contribution in [2.45, 2.75) is 19.4 Å². The van der Waals surface area contributed by atoms with Gasteiger partial charge in [0.05, 0.1) is 0 Å². The van der Waals surface area contributed by atoms with E-state index >= 15 is 0 Å². The Kier molecular flexibility index (Phi) is 7.59. The molecule has 170 valence electrons. The second-order valence-corrected chi connectivity index (χ2v) is 8.03. The SMILES string of the molecule is O=C(NCc1ccc(Oc2ccccc2)cc1)C1CCN(C(=O)COc2ccccc2)CC1. The van der Waals surface area contributed by atoms with E-state index in [0.29, 0.717) is 38.2 Å². The summed E-state index contributed by atoms with van der Waals surface area (Å²) in [6.45, 7) is 1.63. The van der Waals surface area contributed by atoms with Crippen molar-refractivity contribution in [3.05, 3.63) is 90.5 Å². The quantitative estimate of drug-likeness (QED) is 0.559. The molecule has 0 aromatic heterocycles. The molecule has 0 aliphatic carbocycles. The van der Waals surface area contributed by atoms with E-state index in [0.717, 1.165) is 17.1 Å². The van der Waals surface area contributed by atoms with Crippen LogP contribution < -0.4 is 14.8 Å². The largest absolute Gasteiger partial charge is 0.484 e. The van der Waals surface area contributed by atoms with E-state index in [2.05, 4.69) is 5.32 Å². The lowest BCUT2D eigenvalue weighted by Crippen LogP contribution is -2.44. The minimum Gasteiger partial charge on any atom is -0.484 e. The summed E-state index contributed by atoms with van der Waals surface area (Å²) >= 11 is 0. The predicted octanol–water partition coefficient (Wildman–Crippen LogP) is 4.41. The molecule has 4 rings (SSSR count). The van der Waals surface area contributed by atoms with Crippen molar-refractivity contribution in [2.75, 3.05) is 19.7 Å². The van der Waals surface area contributed by atoms with Gasteiger partial charge in [0.15, 0.2) is 6.61 Å². The molecule has 0 unspecified atom stereocenters. The summed E-state index contributed by atoms with van der Waals surface area (Å²) in [4.78, 5) is 26.8. The monoisotopic (exact) mass is 444 g/mol. The first-order chi connectivity index (χ1) is 16.2. The van der Waals surface area contributed by atoms with E-state index in [-0.39, 0.29) is 24.3 Å². The summed E-state index contributed by atoms with van der Waals surface area (Å²) in [5.41, 5.74) is 1.01. The third kappa shape index (κ3) is 6.59. The van der Waals surface area contributed by atoms with Crippen LogP contribution in [0.5, 0.6) is 17.2 Å². The van der Waals surface area contributed by atoms with Crippen LogP contribution in [-0.4, -0.2) is 36.4 Å². The maximum Gasteiger partial charge on any atom is 0.260 e. The zero-order valence-electron chi connectivity index (χ0n) is 18.5. The molecule has 2 amide bonds. The molecule has 0 bridgehead atoms. The van der Waals surface area contributed by atoms with E-state index in [1.165, 1.54) is 0 Å². The highest BCUT2D eigenvalue weighted by Gasteiger charge is 2.27. The molecule has 1 heterocycles. The predicted molar refractivity (Wildman–Crippen MR) is 126 cm³/mol. The fourth-order valence-electron chi connectivity index (χ4n) is 3.78. The van der Waals surface area contributed by atoms with Crippen molar-refractivity contribution < 1.29 is 19.1 Å². The van der Waals surface area contributed by atoms with Gasteiger partial charge in [-0.15, -0.1) is 0 Å². The van der Waals surface area contributed by atoms with Gasteiger partial charge in [0, 0.05) is 25.6 Å². The molecule has 0 atom stereocenters. The molecule has 1 aliphatic rings. The number of amides is 2. The molecule has 1 saturated heterocycles. The van der Waals surface area contributed by atoms with Crippen molar-refractivity contribution in [3.63, 3.8) is 0 Å². The minimum absolute atomic E-state index is 0.0187. The number of nitrogens with one attached hydrogen (secondary N) is 1. The van der Waals surface area contributed by atoms with Crippen LogP contribution >= 0.6 is 0 Å². The van der Waals surface area contributed by atoms with Crippen LogP contribution in [0.2, 0.25) is 0 Å². The number of carbonyl (C=O) groups excluding carboxylic acids is 2. The summed E-state index contributed by atoms with van der Waals surface area (Å²) in [6.07, 6.45) is 1.32. The average Bonchev–Trinajstić information content (AvgIpc) is 2.88. The molecule has 0 spiro atoms. The third-order valence-corrected chi connectivity index (χ3v) is 5.69. The molecule has 33 heavy (non-hydrogen) atoms. The molecule has 3 aromatic rings. The lowest BCUT2D eigenvalue weighted by Gasteiger charge is -2.31. The molecule has 1 aliphatic heterocycles. The van der Waals surface area contributed by atoms with Crippen molar-refractivity contribution in [3.8, 4) is 17.2 Å². The lowest BCUT2D eigenvalue weighted by atomic mass is 9.96. The van der Waals surface area contributed by atoms with Gasteiger partial charge in [0.2, 0.25) is 5.91 Å². The fourth-order valence-corrected chi connectivity index (χ4v) is 3.78. The third-order valence-electron chi connectivity index (χ3n) is 5.69. The maximum absolute atomic E-state index is 12.6. The van der Waals surface area contributed by atoms with E-state index < -0.39 is 0 Å². The molecule has 1 fully saturated rings. The Morgan fingerprint density at radius 2 is 1.36 bits per heavy atom. The van der Waals surface area contributed by atoms with Crippen LogP contribution in [0.25, 0.3) is 0 Å². The highest BCUT2D eigenvalue weighted by molar-refractivity contribution is 5.80. The van der Waals surface area contributed by atoms with Crippen LogP contribution in [0.15, 0.2) is 84.9 Å². The number of hydrogen-bond acceptors (Lipinski definition) is 4. The summed E-state index contributed by atoms with van der Waals surface area (Å²) in [6, 6.07) is 26.6. The van der Waals surface area contributed by atoms with Gasteiger partial charge < -0.3 is 19.7 Å². The van der Waals surface area contributed by atoms with Crippen LogP contribution in [0.1, 0.15) is 18.4 Å². The average molecular weight is 445 g/mol. The number of para-hydroxylation sites is 2. The fraction of sp³-hybridized carbons (Fsp3) is 0.259. The van der Waals surface area contributed by atoms with Crippen LogP contribution in [0, 0.1) is 5.92 Å². The molecule has 6 nitrogen and oxygen atoms in total. The number of carbonyl (C=O) groups is 2. The molecule has 0 radical (unpaired) electrons. The molecular formula is C27H28N2O4. The summed E-state index contributed by atoms with van der Waals surface area (Å²) < 4.78 is 11.3. The van der Waals surface area contributed by atoms with Gasteiger partial charge in [0.25, 0.3) is 5.91 Å². The van der Waals surface area contributed by atoms with E-state index in [1.54, 1.807) is 4.90 Å². The summed E-state index contributed by atoms with van der Waals surface area (Å²) in [5, 5.41) is 3.02. The Balaban J connectivity index is 1.17. The molecule has 1 N–H and O–H groups in total. The highest BCUT2D eigenvalue weighted by atomic mass is 16.5. The van der Waals surface area contributed by atoms with Crippen LogP contribution in [0.4, 0.5) is 0 Å². The van der Waals surface area contributed by atoms with Gasteiger partial charge in [-0.1, -0.05) is 48.5 Å². The van der Waals surface area contributed by atoms with Crippen molar-refractivity contribution in [1.29, 1.82) is 0 Å². The second-order valence-electron chi connectivity index (χ2n) is 8.03. The molecule has 0 saturated carbocycles. The number of rotatable bonds is 8. The number of hydrogen-bond donors (Lipinski definition) is 1. The maximum atomic E-state index is 12.6. The summed E-state index contributed by atoms with van der Waals surface area (Å²) in [5.74, 6) is 2.13. The van der Waals surface area contributed by atoms with E-state index in [4.69, 9.17) is 9.47 Å². The van der Waals surface area contributed by atoms with Gasteiger partial charge >= 0.3 is 0 Å². The first-order valence-corrected chi connectivity index (χ1v) is 11.2. The molecular weight excluding hydrogens is 416 g/mol. The van der Waals surface area contributed by atoms with Gasteiger partial charge in [-0.2, -0.15) is 0 Å². The number of piperidine rings is 1. The Labute approximate surface area is 194 Å². The standard InChI is InChI=1S/C27H28N2O4/c30-26(20-32-23-7-3-1-4-8-23)29-17-15-22(16-18-29)27(31)28-19-21-11-13-25(14-12-21)33-24-9-5-2-6-10-24/h1-14,22H,15-20H2,(H,28,31). The first-order valence-electron chi connectivity index (χ1n) is 11.2. The lowest BCUT2D eigenvalue weighted by molar-refractivity contribution is -0.137. The highest BCUT2D eigenvalue weighted by Crippen LogP contribution is 2.22. The van der Waals surface area contributed by atoms with Crippen molar-refractivity contribution in [1.82, 2.24) is 10.2 Å². The normalized spacial score (nSPS) is 13.9. The number of ether oxygens (including phenoxy) is 2. The molecule has 3 aromatic carbocycles. The minimum atomic E-state index is -0.0789. The van der Waals surface area contributed by atoms with Gasteiger partial charge in [-0.25, -0.2) is 0 Å². The van der Waals surface area contributed by atoms with Gasteiger partial charge in [0.1, 0.15) is 17.2 Å². The number of nitrogens with zero attached hydrogens (tertiary/aromatic N) is 1. The van der Waals surface area contributed by atoms with Crippen LogP contribution in [0.3, 0.4) is 0 Å². The Morgan fingerprint density at radius 3 is 2.00 bits per heavy atom. The summed E-state index contributed by atoms with van der Waals surface area (Å²) in [7, 11) is 0. The Morgan fingerprint density at radius 1 is 0.788 bits per heavy atom.